The SMILES string of the molecule is Cc1c(N2C(=O)O[C@@H](C)[C@@H]2C=O)ccc(C#N)c1Cl. The zero-order valence-corrected chi connectivity index (χ0v) is 11.1. The van der Waals surface area contributed by atoms with Gasteiger partial charge in [0.15, 0.2) is 0 Å². The molecule has 19 heavy (non-hydrogen) atoms. The van der Waals surface area contributed by atoms with Crippen LogP contribution >= 0.6 is 11.6 Å². The van der Waals surface area contributed by atoms with Gasteiger partial charge >= 0.3 is 6.09 Å². The molecule has 98 valence electrons. The number of aldehydes is 1. The molecular weight excluding hydrogens is 268 g/mol. The van der Waals surface area contributed by atoms with Crippen molar-refractivity contribution in [3.05, 3.63) is 28.3 Å². The van der Waals surface area contributed by atoms with Crippen LogP contribution in [0.15, 0.2) is 12.1 Å². The topological polar surface area (TPSA) is 70.4 Å². The van der Waals surface area contributed by atoms with Gasteiger partial charge in [-0.05, 0) is 31.5 Å². The number of ether oxygens (including phenoxy) is 1. The van der Waals surface area contributed by atoms with Crippen LogP contribution in [0.4, 0.5) is 10.5 Å². The first-order valence-electron chi connectivity index (χ1n) is 5.65. The summed E-state index contributed by atoms with van der Waals surface area (Å²) < 4.78 is 5.03. The van der Waals surface area contributed by atoms with E-state index in [2.05, 4.69) is 0 Å². The number of rotatable bonds is 2. The summed E-state index contributed by atoms with van der Waals surface area (Å²) in [5.41, 5.74) is 1.38. The predicted octanol–water partition coefficient (Wildman–Crippen LogP) is 2.43. The van der Waals surface area contributed by atoms with Gasteiger partial charge in [-0.3, -0.25) is 4.90 Å². The first-order chi connectivity index (χ1) is 9.01. The quantitative estimate of drug-likeness (QED) is 0.779. The van der Waals surface area contributed by atoms with Crippen LogP contribution in [0.1, 0.15) is 18.1 Å². The van der Waals surface area contributed by atoms with Gasteiger partial charge in [0.05, 0.1) is 16.3 Å². The largest absolute Gasteiger partial charge is 0.443 e. The molecule has 5 nitrogen and oxygen atoms in total. The number of nitrogens with zero attached hydrogens (tertiary/aromatic N) is 2. The summed E-state index contributed by atoms with van der Waals surface area (Å²) >= 11 is 6.06. The van der Waals surface area contributed by atoms with Gasteiger partial charge in [0.1, 0.15) is 24.5 Å². The first kappa shape index (κ1) is 13.4. The van der Waals surface area contributed by atoms with E-state index >= 15 is 0 Å². The molecule has 1 aliphatic heterocycles. The molecular formula is C13H11ClN2O3. The zero-order valence-electron chi connectivity index (χ0n) is 10.4. The molecule has 1 aromatic carbocycles. The van der Waals surface area contributed by atoms with Gasteiger partial charge in [-0.25, -0.2) is 4.79 Å². The molecule has 1 aromatic rings. The lowest BCUT2D eigenvalue weighted by molar-refractivity contribution is -0.109. The van der Waals surface area contributed by atoms with Crippen molar-refractivity contribution >= 4 is 29.7 Å². The van der Waals surface area contributed by atoms with Gasteiger partial charge < -0.3 is 9.53 Å². The Kier molecular flexibility index (Phi) is 3.45. The number of hydrogen-bond acceptors (Lipinski definition) is 4. The van der Waals surface area contributed by atoms with Crippen LogP contribution in [0.2, 0.25) is 5.02 Å². The van der Waals surface area contributed by atoms with Gasteiger partial charge in [-0.2, -0.15) is 5.26 Å². The minimum absolute atomic E-state index is 0.275. The minimum Gasteiger partial charge on any atom is -0.443 e. The Morgan fingerprint density at radius 1 is 1.53 bits per heavy atom. The molecule has 0 radical (unpaired) electrons. The number of hydrogen-bond donors (Lipinski definition) is 0. The van der Waals surface area contributed by atoms with E-state index in [4.69, 9.17) is 21.6 Å². The summed E-state index contributed by atoms with van der Waals surface area (Å²) in [7, 11) is 0. The van der Waals surface area contributed by atoms with Crippen LogP contribution in [-0.2, 0) is 9.53 Å². The normalized spacial score (nSPS) is 22.0. The predicted molar refractivity (Wildman–Crippen MR) is 69.2 cm³/mol. The van der Waals surface area contributed by atoms with E-state index in [1.54, 1.807) is 19.9 Å². The van der Waals surface area contributed by atoms with E-state index in [1.807, 2.05) is 6.07 Å². The molecule has 0 spiro atoms. The second-order valence-electron chi connectivity index (χ2n) is 4.27. The second kappa shape index (κ2) is 4.90. The van der Waals surface area contributed by atoms with Crippen molar-refractivity contribution in [1.29, 1.82) is 5.26 Å². The number of nitriles is 1. The maximum Gasteiger partial charge on any atom is 0.415 e. The Morgan fingerprint density at radius 2 is 2.21 bits per heavy atom. The highest BCUT2D eigenvalue weighted by atomic mass is 35.5. The number of carbonyl (C=O) groups excluding carboxylic acids is 2. The summed E-state index contributed by atoms with van der Waals surface area (Å²) in [5.74, 6) is 0. The molecule has 0 aliphatic carbocycles. The van der Waals surface area contributed by atoms with Crippen molar-refractivity contribution in [3.8, 4) is 6.07 Å². The third-order valence-corrected chi connectivity index (χ3v) is 3.63. The molecule has 0 N–H and O–H groups in total. The van der Waals surface area contributed by atoms with Crippen molar-refractivity contribution in [3.63, 3.8) is 0 Å². The number of halogens is 1. The van der Waals surface area contributed by atoms with E-state index < -0.39 is 18.2 Å². The number of benzene rings is 1. The van der Waals surface area contributed by atoms with Crippen molar-refractivity contribution in [2.75, 3.05) is 4.90 Å². The van der Waals surface area contributed by atoms with Crippen LogP contribution in [0, 0.1) is 18.3 Å². The van der Waals surface area contributed by atoms with Crippen molar-refractivity contribution in [2.24, 2.45) is 0 Å². The van der Waals surface area contributed by atoms with Crippen molar-refractivity contribution < 1.29 is 14.3 Å². The molecule has 1 heterocycles. The molecule has 1 aliphatic rings. The van der Waals surface area contributed by atoms with Gasteiger partial charge in [0.25, 0.3) is 0 Å². The molecule has 6 heteroatoms. The average molecular weight is 279 g/mol. The highest BCUT2D eigenvalue weighted by Gasteiger charge is 2.40. The highest BCUT2D eigenvalue weighted by Crippen LogP contribution is 2.34. The molecule has 0 aromatic heterocycles. The number of anilines is 1. The summed E-state index contributed by atoms with van der Waals surface area (Å²) in [6.07, 6.45) is -0.437. The Balaban J connectivity index is 2.53. The van der Waals surface area contributed by atoms with E-state index in [0.29, 0.717) is 23.1 Å². The Morgan fingerprint density at radius 3 is 2.79 bits per heavy atom. The monoisotopic (exact) mass is 278 g/mol. The van der Waals surface area contributed by atoms with Crippen LogP contribution in [0.25, 0.3) is 0 Å². The fourth-order valence-electron chi connectivity index (χ4n) is 2.07. The zero-order chi connectivity index (χ0) is 14.2. The molecule has 1 saturated heterocycles. The fourth-order valence-corrected chi connectivity index (χ4v) is 2.27. The van der Waals surface area contributed by atoms with E-state index in [9.17, 15) is 9.59 Å². The number of cyclic esters (lactones) is 1. The van der Waals surface area contributed by atoms with Crippen LogP contribution in [-0.4, -0.2) is 24.5 Å². The third kappa shape index (κ3) is 2.04. The molecule has 2 atom stereocenters. The third-order valence-electron chi connectivity index (χ3n) is 3.14. The Labute approximate surface area is 115 Å². The maximum absolute atomic E-state index is 11.8. The van der Waals surface area contributed by atoms with Crippen molar-refractivity contribution in [1.82, 2.24) is 0 Å². The second-order valence-corrected chi connectivity index (χ2v) is 4.65. The Bertz CT molecular complexity index is 594. The van der Waals surface area contributed by atoms with Gasteiger partial charge in [-0.15, -0.1) is 0 Å². The molecule has 2 rings (SSSR count). The Hall–Kier alpha value is -2.06. The number of carbonyl (C=O) groups is 2. The van der Waals surface area contributed by atoms with Crippen molar-refractivity contribution in [2.45, 2.75) is 26.0 Å². The average Bonchev–Trinajstić information content (AvgIpc) is 2.67. The van der Waals surface area contributed by atoms with Crippen LogP contribution < -0.4 is 4.90 Å². The highest BCUT2D eigenvalue weighted by molar-refractivity contribution is 6.33. The van der Waals surface area contributed by atoms with E-state index in [-0.39, 0.29) is 5.02 Å². The minimum atomic E-state index is -0.685. The molecule has 0 unspecified atom stereocenters. The molecule has 1 fully saturated rings. The fraction of sp³-hybridized carbons (Fsp3) is 0.308. The van der Waals surface area contributed by atoms with Crippen LogP contribution in [0.3, 0.4) is 0 Å². The summed E-state index contributed by atoms with van der Waals surface area (Å²) in [4.78, 5) is 24.2. The van der Waals surface area contributed by atoms with E-state index in [1.165, 1.54) is 11.0 Å². The smallest absolute Gasteiger partial charge is 0.415 e. The number of amides is 1. The summed E-state index contributed by atoms with van der Waals surface area (Å²) in [6.45, 7) is 3.34. The van der Waals surface area contributed by atoms with Crippen LogP contribution in [0.5, 0.6) is 0 Å². The van der Waals surface area contributed by atoms with Gasteiger partial charge in [0.2, 0.25) is 0 Å². The summed E-state index contributed by atoms with van der Waals surface area (Å²) in [5, 5.41) is 9.17. The molecule has 1 amide bonds. The molecule has 0 saturated carbocycles. The van der Waals surface area contributed by atoms with Gasteiger partial charge in [-0.1, -0.05) is 11.6 Å². The van der Waals surface area contributed by atoms with Gasteiger partial charge in [0, 0.05) is 0 Å². The lowest BCUT2D eigenvalue weighted by Gasteiger charge is -2.21. The maximum atomic E-state index is 11.8. The van der Waals surface area contributed by atoms with E-state index in [0.717, 1.165) is 0 Å². The lowest BCUT2D eigenvalue weighted by atomic mass is 10.1. The lowest BCUT2D eigenvalue weighted by Crippen LogP contribution is -2.37. The standard InChI is InChI=1S/C13H11ClN2O3/c1-7-10(4-3-9(5-15)12(7)14)16-11(6-17)8(2)19-13(16)18/h3-4,6,8,11H,1-2H3/t8-,11-/m0/s1. The first-order valence-corrected chi connectivity index (χ1v) is 6.03. The molecule has 0 bridgehead atoms. The summed E-state index contributed by atoms with van der Waals surface area (Å²) in [6, 6.07) is 4.39.